The summed E-state index contributed by atoms with van der Waals surface area (Å²) in [6, 6.07) is 4.35. The lowest BCUT2D eigenvalue weighted by Gasteiger charge is -2.00. The summed E-state index contributed by atoms with van der Waals surface area (Å²) in [7, 11) is 0. The van der Waals surface area contributed by atoms with Crippen molar-refractivity contribution < 1.29 is 4.42 Å². The molecule has 2 heterocycles. The van der Waals surface area contributed by atoms with Gasteiger partial charge >= 0.3 is 5.69 Å². The normalized spacial score (nSPS) is 14.8. The zero-order valence-electron chi connectivity index (χ0n) is 11.8. The van der Waals surface area contributed by atoms with Crippen LogP contribution in [0, 0.1) is 0 Å². The predicted octanol–water partition coefficient (Wildman–Crippen LogP) is 2.13. The lowest BCUT2D eigenvalue weighted by molar-refractivity contribution is 0.434. The van der Waals surface area contributed by atoms with Crippen LogP contribution in [0.1, 0.15) is 43.7 Å². The van der Waals surface area contributed by atoms with Crippen LogP contribution in [0.3, 0.4) is 0 Å². The van der Waals surface area contributed by atoms with E-state index in [1.165, 1.54) is 0 Å². The molecule has 0 atom stereocenters. The van der Waals surface area contributed by atoms with Crippen molar-refractivity contribution in [3.63, 3.8) is 0 Å². The van der Waals surface area contributed by atoms with Crippen LogP contribution in [0.2, 0.25) is 0 Å². The van der Waals surface area contributed by atoms with Gasteiger partial charge in [0.1, 0.15) is 11.5 Å². The lowest BCUT2D eigenvalue weighted by Crippen LogP contribution is -2.23. The fourth-order valence-electron chi connectivity index (χ4n) is 2.34. The van der Waals surface area contributed by atoms with Crippen LogP contribution < -0.4 is 11.0 Å². The number of rotatable bonds is 7. The van der Waals surface area contributed by atoms with Gasteiger partial charge in [0.25, 0.3) is 0 Å². The maximum atomic E-state index is 12.1. The first kappa shape index (κ1) is 13.2. The van der Waals surface area contributed by atoms with Crippen LogP contribution in [-0.4, -0.2) is 15.7 Å². The summed E-state index contributed by atoms with van der Waals surface area (Å²) in [4.78, 5) is 12.1. The molecule has 1 aliphatic carbocycles. The molecule has 1 fully saturated rings. The largest absolute Gasteiger partial charge is 0.463 e. The van der Waals surface area contributed by atoms with Gasteiger partial charge in [0.2, 0.25) is 0 Å². The average molecular weight is 275 g/mol. The maximum absolute atomic E-state index is 12.1. The van der Waals surface area contributed by atoms with Crippen LogP contribution in [0.25, 0.3) is 0 Å². The molecule has 0 aliphatic heterocycles. The third kappa shape index (κ3) is 2.88. The highest BCUT2D eigenvalue weighted by molar-refractivity contribution is 5.08. The zero-order chi connectivity index (χ0) is 13.9. The van der Waals surface area contributed by atoms with Crippen molar-refractivity contribution in [1.82, 2.24) is 14.5 Å². The molecule has 108 valence electrons. The summed E-state index contributed by atoms with van der Waals surface area (Å²) in [6.07, 6.45) is 7.08. The van der Waals surface area contributed by atoms with E-state index in [9.17, 15) is 4.79 Å². The molecule has 0 saturated heterocycles. The molecule has 0 spiro atoms. The van der Waals surface area contributed by atoms with Crippen LogP contribution in [0.5, 0.6) is 0 Å². The number of nitrogens with zero attached hydrogens (tertiary/aromatic N) is 2. The Bertz CT molecular complexity index is 619. The summed E-state index contributed by atoms with van der Waals surface area (Å²) in [5, 5.41) is 3.30. The minimum atomic E-state index is 0.0644. The van der Waals surface area contributed by atoms with Gasteiger partial charge in [0, 0.05) is 18.4 Å². The van der Waals surface area contributed by atoms with Gasteiger partial charge in [-0.2, -0.15) is 0 Å². The summed E-state index contributed by atoms with van der Waals surface area (Å²) >= 11 is 0. The summed E-state index contributed by atoms with van der Waals surface area (Å²) < 4.78 is 9.28. The molecule has 0 amide bonds. The van der Waals surface area contributed by atoms with Crippen molar-refractivity contribution in [2.24, 2.45) is 0 Å². The van der Waals surface area contributed by atoms with E-state index >= 15 is 0 Å². The molecule has 5 nitrogen and oxygen atoms in total. The van der Waals surface area contributed by atoms with Crippen molar-refractivity contribution in [2.75, 3.05) is 6.54 Å². The van der Waals surface area contributed by atoms with Gasteiger partial charge < -0.3 is 9.73 Å². The van der Waals surface area contributed by atoms with E-state index < -0.39 is 0 Å². The van der Waals surface area contributed by atoms with E-state index in [2.05, 4.69) is 12.2 Å². The molecular weight excluding hydrogens is 254 g/mol. The monoisotopic (exact) mass is 275 g/mol. The second kappa shape index (κ2) is 5.71. The van der Waals surface area contributed by atoms with Crippen LogP contribution in [0.15, 0.2) is 33.7 Å². The standard InChI is InChI=1S/C15H21N3O2/c1-2-7-16-10-13-5-6-14(20-13)11-17-8-9-18(15(17)19)12-3-4-12/h5-6,8-9,12,16H,2-4,7,10-11H2,1H3. The smallest absolute Gasteiger partial charge is 0.328 e. The fraction of sp³-hybridized carbons (Fsp3) is 0.533. The van der Waals surface area contributed by atoms with Gasteiger partial charge in [0.05, 0.1) is 13.1 Å². The fourth-order valence-corrected chi connectivity index (χ4v) is 2.34. The first-order valence-corrected chi connectivity index (χ1v) is 7.33. The summed E-state index contributed by atoms with van der Waals surface area (Å²) in [5.74, 6) is 1.75. The van der Waals surface area contributed by atoms with E-state index in [-0.39, 0.29) is 5.69 Å². The van der Waals surface area contributed by atoms with Crippen molar-refractivity contribution in [3.8, 4) is 0 Å². The van der Waals surface area contributed by atoms with E-state index in [0.717, 1.165) is 43.9 Å². The van der Waals surface area contributed by atoms with Crippen molar-refractivity contribution in [3.05, 3.63) is 46.5 Å². The molecule has 20 heavy (non-hydrogen) atoms. The van der Waals surface area contributed by atoms with Crippen molar-refractivity contribution in [1.29, 1.82) is 0 Å². The lowest BCUT2D eigenvalue weighted by atomic mass is 10.4. The maximum Gasteiger partial charge on any atom is 0.328 e. The zero-order valence-corrected chi connectivity index (χ0v) is 11.8. The SMILES string of the molecule is CCCNCc1ccc(Cn2ccn(C3CC3)c2=O)o1. The Hall–Kier alpha value is -1.75. The van der Waals surface area contributed by atoms with E-state index in [4.69, 9.17) is 4.42 Å². The van der Waals surface area contributed by atoms with E-state index in [1.807, 2.05) is 29.1 Å². The molecule has 3 rings (SSSR count). The van der Waals surface area contributed by atoms with E-state index in [1.54, 1.807) is 4.57 Å². The molecule has 2 aromatic heterocycles. The average Bonchev–Trinajstić information content (AvgIpc) is 3.09. The number of hydrogen-bond acceptors (Lipinski definition) is 3. The molecule has 1 aliphatic rings. The topological polar surface area (TPSA) is 52.1 Å². The Morgan fingerprint density at radius 1 is 1.30 bits per heavy atom. The molecule has 0 radical (unpaired) electrons. The molecule has 0 bridgehead atoms. The molecule has 0 aromatic carbocycles. The van der Waals surface area contributed by atoms with Gasteiger partial charge in [-0.3, -0.25) is 9.13 Å². The Balaban J connectivity index is 1.64. The minimum absolute atomic E-state index is 0.0644. The third-order valence-electron chi connectivity index (χ3n) is 3.58. The predicted molar refractivity (Wildman–Crippen MR) is 76.8 cm³/mol. The highest BCUT2D eigenvalue weighted by atomic mass is 16.3. The first-order valence-electron chi connectivity index (χ1n) is 7.33. The summed E-state index contributed by atoms with van der Waals surface area (Å²) in [5.41, 5.74) is 0.0644. The first-order chi connectivity index (χ1) is 9.78. The molecule has 5 heteroatoms. The minimum Gasteiger partial charge on any atom is -0.463 e. The quantitative estimate of drug-likeness (QED) is 0.788. The number of imidazole rings is 1. The Morgan fingerprint density at radius 2 is 2.10 bits per heavy atom. The van der Waals surface area contributed by atoms with Gasteiger partial charge in [-0.15, -0.1) is 0 Å². The number of aromatic nitrogens is 2. The van der Waals surface area contributed by atoms with Crippen LogP contribution in [-0.2, 0) is 13.1 Å². The van der Waals surface area contributed by atoms with Crippen LogP contribution in [0.4, 0.5) is 0 Å². The van der Waals surface area contributed by atoms with Gasteiger partial charge in [0.15, 0.2) is 0 Å². The molecule has 1 saturated carbocycles. The Morgan fingerprint density at radius 3 is 2.85 bits per heavy atom. The molecule has 0 unspecified atom stereocenters. The highest BCUT2D eigenvalue weighted by Crippen LogP contribution is 2.33. The Kier molecular flexibility index (Phi) is 3.78. The third-order valence-corrected chi connectivity index (χ3v) is 3.58. The van der Waals surface area contributed by atoms with Crippen molar-refractivity contribution in [2.45, 2.75) is 45.3 Å². The van der Waals surface area contributed by atoms with Gasteiger partial charge in [-0.1, -0.05) is 6.92 Å². The molecular formula is C15H21N3O2. The summed E-state index contributed by atoms with van der Waals surface area (Å²) in [6.45, 7) is 4.37. The molecule has 2 aromatic rings. The Labute approximate surface area is 118 Å². The molecule has 1 N–H and O–H groups in total. The van der Waals surface area contributed by atoms with E-state index in [0.29, 0.717) is 12.6 Å². The number of hydrogen-bond donors (Lipinski definition) is 1. The number of furan rings is 1. The second-order valence-corrected chi connectivity index (χ2v) is 5.39. The van der Waals surface area contributed by atoms with Gasteiger partial charge in [-0.05, 0) is 37.9 Å². The highest BCUT2D eigenvalue weighted by Gasteiger charge is 2.25. The van der Waals surface area contributed by atoms with Gasteiger partial charge in [-0.25, -0.2) is 4.79 Å². The van der Waals surface area contributed by atoms with Crippen molar-refractivity contribution >= 4 is 0 Å². The second-order valence-electron chi connectivity index (χ2n) is 5.39. The van der Waals surface area contributed by atoms with Crippen LogP contribution >= 0.6 is 0 Å². The number of nitrogens with one attached hydrogen (secondary N) is 1.